The Hall–Kier alpha value is -3.61. The fourth-order valence-corrected chi connectivity index (χ4v) is 3.41. The van der Waals surface area contributed by atoms with E-state index in [1.807, 2.05) is 67.9 Å². The van der Waals surface area contributed by atoms with Gasteiger partial charge in [0.1, 0.15) is 0 Å². The number of para-hydroxylation sites is 1. The summed E-state index contributed by atoms with van der Waals surface area (Å²) >= 11 is 0. The molecule has 0 bridgehead atoms. The first-order valence-corrected chi connectivity index (χ1v) is 10.8. The monoisotopic (exact) mass is 433 g/mol. The highest BCUT2D eigenvalue weighted by molar-refractivity contribution is 5.96. The molecule has 2 aromatic carbocycles. The van der Waals surface area contributed by atoms with Crippen molar-refractivity contribution < 1.29 is 9.59 Å². The van der Waals surface area contributed by atoms with Crippen LogP contribution in [0.15, 0.2) is 48.5 Å². The fraction of sp³-hybridized carbons (Fsp3) is 0.320. The standard InChI is InChI=1S/C25H31N5O2/c1-16(2)14-27-25(32)20-11-12-22(17(3)13-20)26-15-23(31)28-24-18(4)29-30(19(24)5)21-9-7-6-8-10-21/h6-13,16,26H,14-15H2,1-5H3,(H,27,32)(H,28,31). The van der Waals surface area contributed by atoms with Gasteiger partial charge in [0.2, 0.25) is 5.91 Å². The van der Waals surface area contributed by atoms with Gasteiger partial charge < -0.3 is 16.0 Å². The normalized spacial score (nSPS) is 10.8. The van der Waals surface area contributed by atoms with Gasteiger partial charge >= 0.3 is 0 Å². The van der Waals surface area contributed by atoms with Crippen LogP contribution in [0.4, 0.5) is 11.4 Å². The van der Waals surface area contributed by atoms with E-state index in [-0.39, 0.29) is 18.4 Å². The second-order valence-corrected chi connectivity index (χ2v) is 8.33. The van der Waals surface area contributed by atoms with E-state index in [1.165, 1.54) is 0 Å². The summed E-state index contributed by atoms with van der Waals surface area (Å²) in [5.41, 5.74) is 5.61. The Morgan fingerprint density at radius 3 is 2.41 bits per heavy atom. The maximum Gasteiger partial charge on any atom is 0.251 e. The number of rotatable bonds is 8. The molecule has 32 heavy (non-hydrogen) atoms. The molecule has 0 aliphatic carbocycles. The maximum absolute atomic E-state index is 12.6. The minimum absolute atomic E-state index is 0.0903. The van der Waals surface area contributed by atoms with Gasteiger partial charge in [0, 0.05) is 17.8 Å². The highest BCUT2D eigenvalue weighted by Gasteiger charge is 2.15. The number of anilines is 2. The van der Waals surface area contributed by atoms with E-state index >= 15 is 0 Å². The van der Waals surface area contributed by atoms with E-state index in [9.17, 15) is 9.59 Å². The fourth-order valence-electron chi connectivity index (χ4n) is 3.41. The Morgan fingerprint density at radius 1 is 1.03 bits per heavy atom. The molecule has 7 nitrogen and oxygen atoms in total. The van der Waals surface area contributed by atoms with E-state index in [0.29, 0.717) is 18.0 Å². The molecule has 0 fully saturated rings. The van der Waals surface area contributed by atoms with Gasteiger partial charge in [-0.1, -0.05) is 32.0 Å². The summed E-state index contributed by atoms with van der Waals surface area (Å²) < 4.78 is 1.82. The lowest BCUT2D eigenvalue weighted by atomic mass is 10.1. The van der Waals surface area contributed by atoms with E-state index in [4.69, 9.17) is 0 Å². The van der Waals surface area contributed by atoms with Crippen LogP contribution >= 0.6 is 0 Å². The van der Waals surface area contributed by atoms with Gasteiger partial charge in [0.05, 0.1) is 29.3 Å². The lowest BCUT2D eigenvalue weighted by Crippen LogP contribution is -2.27. The Labute approximate surface area is 189 Å². The van der Waals surface area contributed by atoms with Crippen LogP contribution < -0.4 is 16.0 Å². The Balaban J connectivity index is 1.62. The second kappa shape index (κ2) is 10.1. The molecule has 3 aromatic rings. The van der Waals surface area contributed by atoms with Gasteiger partial charge in [-0.3, -0.25) is 9.59 Å². The first-order valence-electron chi connectivity index (χ1n) is 10.8. The summed E-state index contributed by atoms with van der Waals surface area (Å²) in [6.45, 7) is 10.6. The number of aromatic nitrogens is 2. The van der Waals surface area contributed by atoms with Crippen molar-refractivity contribution >= 4 is 23.2 Å². The highest BCUT2D eigenvalue weighted by atomic mass is 16.2. The SMILES string of the molecule is Cc1cc(C(=O)NCC(C)C)ccc1NCC(=O)Nc1c(C)nn(-c2ccccc2)c1C. The van der Waals surface area contributed by atoms with Crippen molar-refractivity contribution in [2.24, 2.45) is 5.92 Å². The van der Waals surface area contributed by atoms with Crippen LogP contribution in [-0.2, 0) is 4.79 Å². The lowest BCUT2D eigenvalue weighted by Gasteiger charge is -2.12. The van der Waals surface area contributed by atoms with Gasteiger partial charge in [-0.25, -0.2) is 4.68 Å². The molecule has 0 atom stereocenters. The van der Waals surface area contributed by atoms with Crippen molar-refractivity contribution in [2.45, 2.75) is 34.6 Å². The summed E-state index contributed by atoms with van der Waals surface area (Å²) in [4.78, 5) is 24.8. The Kier molecular flexibility index (Phi) is 7.30. The zero-order chi connectivity index (χ0) is 23.3. The molecule has 3 N–H and O–H groups in total. The number of hydrogen-bond acceptors (Lipinski definition) is 4. The first-order chi connectivity index (χ1) is 15.3. The third-order valence-corrected chi connectivity index (χ3v) is 5.16. The van der Waals surface area contributed by atoms with Crippen LogP contribution in [0.25, 0.3) is 5.69 Å². The van der Waals surface area contributed by atoms with Crippen LogP contribution in [0.1, 0.15) is 41.2 Å². The quantitative estimate of drug-likeness (QED) is 0.496. The Morgan fingerprint density at radius 2 is 1.75 bits per heavy atom. The summed E-state index contributed by atoms with van der Waals surface area (Å²) in [5.74, 6) is 0.140. The lowest BCUT2D eigenvalue weighted by molar-refractivity contribution is -0.114. The van der Waals surface area contributed by atoms with Gasteiger partial charge in [0.25, 0.3) is 5.91 Å². The summed E-state index contributed by atoms with van der Waals surface area (Å²) in [6.07, 6.45) is 0. The predicted octanol–water partition coefficient (Wildman–Crippen LogP) is 4.23. The van der Waals surface area contributed by atoms with Crippen molar-refractivity contribution in [1.29, 1.82) is 0 Å². The third-order valence-electron chi connectivity index (χ3n) is 5.16. The molecule has 0 saturated carbocycles. The minimum Gasteiger partial charge on any atom is -0.376 e. The van der Waals surface area contributed by atoms with Gasteiger partial charge in [-0.15, -0.1) is 0 Å². The number of aryl methyl sites for hydroxylation is 2. The molecular weight excluding hydrogens is 402 g/mol. The molecule has 3 rings (SSSR count). The first kappa shape index (κ1) is 23.1. The molecule has 0 aliphatic heterocycles. The minimum atomic E-state index is -0.165. The summed E-state index contributed by atoms with van der Waals surface area (Å²) in [6, 6.07) is 15.2. The average Bonchev–Trinajstić information content (AvgIpc) is 3.05. The topological polar surface area (TPSA) is 88.1 Å². The zero-order valence-corrected chi connectivity index (χ0v) is 19.3. The number of benzene rings is 2. The van der Waals surface area contributed by atoms with Crippen LogP contribution in [0.3, 0.4) is 0 Å². The van der Waals surface area contributed by atoms with E-state index < -0.39 is 0 Å². The van der Waals surface area contributed by atoms with E-state index in [2.05, 4.69) is 34.9 Å². The van der Waals surface area contributed by atoms with Crippen molar-refractivity contribution in [1.82, 2.24) is 15.1 Å². The zero-order valence-electron chi connectivity index (χ0n) is 19.3. The molecular formula is C25H31N5O2. The number of nitrogens with one attached hydrogen (secondary N) is 3. The van der Waals surface area contributed by atoms with Crippen molar-refractivity contribution in [3.63, 3.8) is 0 Å². The number of amides is 2. The largest absolute Gasteiger partial charge is 0.376 e. The maximum atomic E-state index is 12.6. The number of hydrogen-bond donors (Lipinski definition) is 3. The summed E-state index contributed by atoms with van der Waals surface area (Å²) in [7, 11) is 0. The molecule has 0 saturated heterocycles. The molecule has 1 heterocycles. The van der Waals surface area contributed by atoms with Gasteiger partial charge in [0.15, 0.2) is 0 Å². The van der Waals surface area contributed by atoms with Crippen LogP contribution in [0, 0.1) is 26.7 Å². The number of carbonyl (C=O) groups excluding carboxylic acids is 2. The average molecular weight is 434 g/mol. The molecule has 168 valence electrons. The molecule has 0 radical (unpaired) electrons. The second-order valence-electron chi connectivity index (χ2n) is 8.33. The van der Waals surface area contributed by atoms with Gasteiger partial charge in [-0.2, -0.15) is 5.10 Å². The molecule has 2 amide bonds. The number of carbonyl (C=O) groups is 2. The van der Waals surface area contributed by atoms with Crippen molar-refractivity contribution in [2.75, 3.05) is 23.7 Å². The predicted molar refractivity (Wildman–Crippen MR) is 129 cm³/mol. The Bertz CT molecular complexity index is 1100. The summed E-state index contributed by atoms with van der Waals surface area (Å²) in [5, 5.41) is 13.6. The van der Waals surface area contributed by atoms with Gasteiger partial charge in [-0.05, 0) is 62.6 Å². The molecule has 7 heteroatoms. The van der Waals surface area contributed by atoms with Crippen molar-refractivity contribution in [3.05, 3.63) is 71.0 Å². The molecule has 0 unspecified atom stereocenters. The van der Waals surface area contributed by atoms with Crippen LogP contribution in [0.5, 0.6) is 0 Å². The van der Waals surface area contributed by atoms with Crippen molar-refractivity contribution in [3.8, 4) is 5.69 Å². The van der Waals surface area contributed by atoms with Crippen LogP contribution in [-0.4, -0.2) is 34.7 Å². The number of nitrogens with zero attached hydrogens (tertiary/aromatic N) is 2. The van der Waals surface area contributed by atoms with Crippen LogP contribution in [0.2, 0.25) is 0 Å². The van der Waals surface area contributed by atoms with E-state index in [0.717, 1.165) is 34.0 Å². The smallest absolute Gasteiger partial charge is 0.251 e. The molecule has 0 aliphatic rings. The highest BCUT2D eigenvalue weighted by Crippen LogP contribution is 2.23. The third kappa shape index (κ3) is 5.55. The van der Waals surface area contributed by atoms with E-state index in [1.54, 1.807) is 6.07 Å². The molecule has 1 aromatic heterocycles. The molecule has 0 spiro atoms.